The van der Waals surface area contributed by atoms with Gasteiger partial charge in [-0.2, -0.15) is 12.6 Å². The fourth-order valence-corrected chi connectivity index (χ4v) is 0.972. The van der Waals surface area contributed by atoms with E-state index in [1.165, 1.54) is 12.8 Å². The van der Waals surface area contributed by atoms with Gasteiger partial charge in [-0.05, 0) is 18.8 Å². The van der Waals surface area contributed by atoms with Gasteiger partial charge in [0, 0.05) is 11.8 Å². The molecule has 0 aliphatic heterocycles. The molecule has 0 aromatic rings. The number of hydrogen-bond donors (Lipinski definition) is 2. The third-order valence-corrected chi connectivity index (χ3v) is 2.04. The molecule has 1 rings (SSSR count). The van der Waals surface area contributed by atoms with E-state index in [2.05, 4.69) is 12.6 Å². The molecule has 0 aromatic heterocycles. The third-order valence-electron chi connectivity index (χ3n) is 1.41. The van der Waals surface area contributed by atoms with E-state index < -0.39 is 0 Å². The first-order valence-electron chi connectivity index (χ1n) is 2.72. The van der Waals surface area contributed by atoms with Crippen LogP contribution in [-0.4, -0.2) is 11.8 Å². The molecule has 0 radical (unpaired) electrons. The molecule has 2 N–H and O–H groups in total. The van der Waals surface area contributed by atoms with Gasteiger partial charge in [0.2, 0.25) is 0 Å². The number of hydrogen-bond acceptors (Lipinski definition) is 2. The van der Waals surface area contributed by atoms with Crippen LogP contribution in [0.5, 0.6) is 0 Å². The zero-order chi connectivity index (χ0) is 5.28. The Morgan fingerprint density at radius 2 is 2.29 bits per heavy atom. The fourth-order valence-electron chi connectivity index (χ4n) is 0.673. The average Bonchev–Trinajstić information content (AvgIpc) is 2.44. The molecule has 0 bridgehead atoms. The summed E-state index contributed by atoms with van der Waals surface area (Å²) in [6, 6.07) is 0. The minimum Gasteiger partial charge on any atom is -0.329 e. The lowest BCUT2D eigenvalue weighted by molar-refractivity contribution is 0.764. The first-order chi connectivity index (χ1) is 3.34. The first kappa shape index (κ1) is 5.45. The zero-order valence-corrected chi connectivity index (χ0v) is 5.20. The van der Waals surface area contributed by atoms with Crippen LogP contribution in [0.15, 0.2) is 0 Å². The van der Waals surface area contributed by atoms with Crippen LogP contribution >= 0.6 is 12.6 Å². The molecule has 0 aromatic carbocycles. The highest BCUT2D eigenvalue weighted by Gasteiger charge is 2.27. The van der Waals surface area contributed by atoms with Crippen molar-refractivity contribution in [3.63, 3.8) is 0 Å². The monoisotopic (exact) mass is 117 g/mol. The van der Waals surface area contributed by atoms with Crippen LogP contribution in [-0.2, 0) is 0 Å². The highest BCUT2D eigenvalue weighted by Crippen LogP contribution is 2.34. The highest BCUT2D eigenvalue weighted by atomic mass is 32.1. The number of thiol groups is 1. The van der Waals surface area contributed by atoms with Gasteiger partial charge in [-0.3, -0.25) is 0 Å². The van der Waals surface area contributed by atoms with Gasteiger partial charge in [0.25, 0.3) is 0 Å². The number of nitrogens with two attached hydrogens (primary N) is 1. The molecule has 1 fully saturated rings. The second kappa shape index (κ2) is 2.05. The maximum absolute atomic E-state index is 5.34. The Balaban J connectivity index is 2.10. The van der Waals surface area contributed by atoms with Gasteiger partial charge in [-0.15, -0.1) is 0 Å². The molecule has 1 unspecified atom stereocenters. The molecule has 42 valence electrons. The smallest absolute Gasteiger partial charge is 0.0168 e. The maximum atomic E-state index is 5.34. The van der Waals surface area contributed by atoms with Crippen molar-refractivity contribution in [1.82, 2.24) is 0 Å². The Kier molecular flexibility index (Phi) is 1.60. The van der Waals surface area contributed by atoms with E-state index in [0.29, 0.717) is 5.25 Å². The van der Waals surface area contributed by atoms with Crippen molar-refractivity contribution in [2.45, 2.75) is 18.1 Å². The second-order valence-electron chi connectivity index (χ2n) is 2.14. The molecular formula is C5H11NS. The summed E-state index contributed by atoms with van der Waals surface area (Å²) in [7, 11) is 0. The molecule has 1 aliphatic carbocycles. The van der Waals surface area contributed by atoms with E-state index >= 15 is 0 Å². The Labute approximate surface area is 49.7 Å². The Morgan fingerprint density at radius 1 is 1.71 bits per heavy atom. The molecule has 2 heteroatoms. The van der Waals surface area contributed by atoms with Gasteiger partial charge in [0.1, 0.15) is 0 Å². The van der Waals surface area contributed by atoms with Gasteiger partial charge in [-0.1, -0.05) is 0 Å². The van der Waals surface area contributed by atoms with E-state index in [9.17, 15) is 0 Å². The average molecular weight is 117 g/mol. The number of rotatable bonds is 2. The van der Waals surface area contributed by atoms with E-state index in [-0.39, 0.29) is 0 Å². The third kappa shape index (κ3) is 1.35. The van der Waals surface area contributed by atoms with Crippen molar-refractivity contribution in [2.75, 3.05) is 6.54 Å². The van der Waals surface area contributed by atoms with Crippen LogP contribution < -0.4 is 5.73 Å². The first-order valence-corrected chi connectivity index (χ1v) is 3.24. The molecule has 0 amide bonds. The summed E-state index contributed by atoms with van der Waals surface area (Å²) in [5.74, 6) is 0.855. The minimum absolute atomic E-state index is 0.486. The van der Waals surface area contributed by atoms with E-state index in [1.54, 1.807) is 0 Å². The molecule has 7 heavy (non-hydrogen) atoms. The highest BCUT2D eigenvalue weighted by molar-refractivity contribution is 7.81. The van der Waals surface area contributed by atoms with Crippen LogP contribution in [0.4, 0.5) is 0 Å². The topological polar surface area (TPSA) is 26.0 Å². The summed E-state index contributed by atoms with van der Waals surface area (Å²) in [5, 5.41) is 0.486. The van der Waals surface area contributed by atoms with Crippen molar-refractivity contribution in [2.24, 2.45) is 11.7 Å². The van der Waals surface area contributed by atoms with Crippen molar-refractivity contribution in [1.29, 1.82) is 0 Å². The molecule has 0 heterocycles. The molecule has 0 spiro atoms. The second-order valence-corrected chi connectivity index (χ2v) is 2.80. The normalized spacial score (nSPS) is 24.9. The Hall–Kier alpha value is 0.310. The van der Waals surface area contributed by atoms with Crippen molar-refractivity contribution in [3.05, 3.63) is 0 Å². The van der Waals surface area contributed by atoms with Crippen LogP contribution in [0.2, 0.25) is 0 Å². The Bertz CT molecular complexity index is 61.1. The van der Waals surface area contributed by atoms with Crippen LogP contribution in [0.1, 0.15) is 12.8 Å². The van der Waals surface area contributed by atoms with Crippen LogP contribution in [0.3, 0.4) is 0 Å². The standard InChI is InChI=1S/C5H11NS/c6-3-5(7)4-1-2-4/h4-5,7H,1-3,6H2. The van der Waals surface area contributed by atoms with E-state index in [1.807, 2.05) is 0 Å². The van der Waals surface area contributed by atoms with Crippen molar-refractivity contribution in [3.8, 4) is 0 Å². The lowest BCUT2D eigenvalue weighted by Crippen LogP contribution is -2.15. The lowest BCUT2D eigenvalue weighted by Gasteiger charge is -2.00. The molecule has 1 atom stereocenters. The largest absolute Gasteiger partial charge is 0.329 e. The molecule has 1 aliphatic rings. The summed E-state index contributed by atoms with van der Waals surface area (Å²) in [4.78, 5) is 0. The fraction of sp³-hybridized carbons (Fsp3) is 1.00. The van der Waals surface area contributed by atoms with Crippen LogP contribution in [0.25, 0.3) is 0 Å². The molecular weight excluding hydrogens is 106 g/mol. The van der Waals surface area contributed by atoms with E-state index in [0.717, 1.165) is 12.5 Å². The van der Waals surface area contributed by atoms with Crippen molar-refractivity contribution < 1.29 is 0 Å². The predicted octanol–water partition coefficient (Wildman–Crippen LogP) is 0.653. The van der Waals surface area contributed by atoms with Gasteiger partial charge in [-0.25, -0.2) is 0 Å². The van der Waals surface area contributed by atoms with Gasteiger partial charge < -0.3 is 5.73 Å². The van der Waals surface area contributed by atoms with Gasteiger partial charge >= 0.3 is 0 Å². The summed E-state index contributed by atoms with van der Waals surface area (Å²) < 4.78 is 0. The maximum Gasteiger partial charge on any atom is 0.0168 e. The molecule has 0 saturated heterocycles. The van der Waals surface area contributed by atoms with Gasteiger partial charge in [0.15, 0.2) is 0 Å². The predicted molar refractivity (Wildman–Crippen MR) is 34.6 cm³/mol. The van der Waals surface area contributed by atoms with Gasteiger partial charge in [0.05, 0.1) is 0 Å². The summed E-state index contributed by atoms with van der Waals surface area (Å²) in [6.07, 6.45) is 2.71. The SMILES string of the molecule is NCC(S)C1CC1. The summed E-state index contributed by atoms with van der Waals surface area (Å²) in [5.41, 5.74) is 5.34. The zero-order valence-electron chi connectivity index (χ0n) is 4.30. The van der Waals surface area contributed by atoms with Crippen LogP contribution in [0, 0.1) is 5.92 Å². The van der Waals surface area contributed by atoms with Crippen molar-refractivity contribution >= 4 is 12.6 Å². The van der Waals surface area contributed by atoms with E-state index in [4.69, 9.17) is 5.73 Å². The Morgan fingerprint density at radius 3 is 2.43 bits per heavy atom. The molecule has 1 saturated carbocycles. The quantitative estimate of drug-likeness (QED) is 0.510. The summed E-state index contributed by atoms with van der Waals surface area (Å²) >= 11 is 4.26. The minimum atomic E-state index is 0.486. The molecule has 1 nitrogen and oxygen atoms in total. The summed E-state index contributed by atoms with van der Waals surface area (Å²) in [6.45, 7) is 0.744. The lowest BCUT2D eigenvalue weighted by atomic mass is 10.3.